The van der Waals surface area contributed by atoms with Gasteiger partial charge in [0.25, 0.3) is 0 Å². The lowest BCUT2D eigenvalue weighted by Crippen LogP contribution is -2.42. The molecule has 2 aromatic carbocycles. The number of likely N-dealkylation sites (tertiary alicyclic amines) is 1. The molecular weight excluding hydrogens is 340 g/mol. The Labute approximate surface area is 160 Å². The van der Waals surface area contributed by atoms with Crippen LogP contribution in [-0.4, -0.2) is 56.3 Å². The SMILES string of the molecule is CN(C)c1ccc(CC(=O)N2C[C@@H]3c4ccccc4OC[C@]3(CO)C2)cc1. The normalized spacial score (nSPS) is 23.4. The summed E-state index contributed by atoms with van der Waals surface area (Å²) in [6.45, 7) is 1.65. The highest BCUT2D eigenvalue weighted by Crippen LogP contribution is 2.49. The molecule has 1 fully saturated rings. The van der Waals surface area contributed by atoms with Crippen LogP contribution in [0.25, 0.3) is 0 Å². The summed E-state index contributed by atoms with van der Waals surface area (Å²) in [5.41, 5.74) is 2.82. The average Bonchev–Trinajstić information content (AvgIpc) is 3.09. The van der Waals surface area contributed by atoms with Crippen LogP contribution in [0.4, 0.5) is 5.69 Å². The van der Waals surface area contributed by atoms with Crippen molar-refractivity contribution in [2.75, 3.05) is 45.3 Å². The van der Waals surface area contributed by atoms with E-state index in [1.54, 1.807) is 0 Å². The van der Waals surface area contributed by atoms with Crippen LogP contribution < -0.4 is 9.64 Å². The fourth-order valence-corrected chi connectivity index (χ4v) is 4.26. The van der Waals surface area contributed by atoms with Gasteiger partial charge in [-0.2, -0.15) is 0 Å². The van der Waals surface area contributed by atoms with E-state index in [0.29, 0.717) is 26.1 Å². The molecule has 2 atom stereocenters. The molecule has 0 bridgehead atoms. The molecule has 4 rings (SSSR count). The lowest BCUT2D eigenvalue weighted by atomic mass is 9.74. The molecule has 142 valence electrons. The van der Waals surface area contributed by atoms with E-state index in [1.165, 1.54) is 0 Å². The number of rotatable bonds is 4. The number of hydrogen-bond donors (Lipinski definition) is 1. The molecular formula is C22H26N2O3. The Morgan fingerprint density at radius 2 is 1.96 bits per heavy atom. The Hall–Kier alpha value is -2.53. The topological polar surface area (TPSA) is 53.0 Å². The van der Waals surface area contributed by atoms with Gasteiger partial charge in [0.2, 0.25) is 5.91 Å². The van der Waals surface area contributed by atoms with Crippen LogP contribution in [0.3, 0.4) is 0 Å². The van der Waals surface area contributed by atoms with Crippen molar-refractivity contribution in [2.45, 2.75) is 12.3 Å². The second kappa shape index (κ2) is 6.89. The van der Waals surface area contributed by atoms with Crippen LogP contribution in [0.2, 0.25) is 0 Å². The second-order valence-corrected chi connectivity index (χ2v) is 7.91. The smallest absolute Gasteiger partial charge is 0.227 e. The third-order valence-electron chi connectivity index (χ3n) is 5.93. The summed E-state index contributed by atoms with van der Waals surface area (Å²) >= 11 is 0. The molecule has 5 heteroatoms. The first kappa shape index (κ1) is 17.9. The van der Waals surface area contributed by atoms with Crippen molar-refractivity contribution in [1.82, 2.24) is 4.90 Å². The highest BCUT2D eigenvalue weighted by atomic mass is 16.5. The van der Waals surface area contributed by atoms with Crippen molar-refractivity contribution in [3.8, 4) is 5.75 Å². The summed E-state index contributed by atoms with van der Waals surface area (Å²) in [7, 11) is 4.00. The molecule has 0 unspecified atom stereocenters. The van der Waals surface area contributed by atoms with Crippen molar-refractivity contribution in [3.63, 3.8) is 0 Å². The van der Waals surface area contributed by atoms with Gasteiger partial charge < -0.3 is 19.6 Å². The summed E-state index contributed by atoms with van der Waals surface area (Å²) in [5.74, 6) is 1.10. The molecule has 2 aromatic rings. The van der Waals surface area contributed by atoms with Gasteiger partial charge in [-0.15, -0.1) is 0 Å². The zero-order chi connectivity index (χ0) is 19.0. The number of para-hydroxylation sites is 1. The van der Waals surface area contributed by atoms with Crippen molar-refractivity contribution >= 4 is 11.6 Å². The van der Waals surface area contributed by atoms with E-state index >= 15 is 0 Å². The monoisotopic (exact) mass is 366 g/mol. The number of carbonyl (C=O) groups excluding carboxylic acids is 1. The molecule has 0 radical (unpaired) electrons. The number of aliphatic hydroxyl groups excluding tert-OH is 1. The van der Waals surface area contributed by atoms with Crippen LogP contribution in [-0.2, 0) is 11.2 Å². The Morgan fingerprint density at radius 1 is 1.22 bits per heavy atom. The van der Waals surface area contributed by atoms with Gasteiger partial charge in [-0.05, 0) is 29.3 Å². The Kier molecular flexibility index (Phi) is 4.56. The van der Waals surface area contributed by atoms with Crippen molar-refractivity contribution in [1.29, 1.82) is 0 Å². The van der Waals surface area contributed by atoms with E-state index in [9.17, 15) is 9.90 Å². The van der Waals surface area contributed by atoms with Gasteiger partial charge >= 0.3 is 0 Å². The van der Waals surface area contributed by atoms with Gasteiger partial charge in [0, 0.05) is 38.8 Å². The summed E-state index contributed by atoms with van der Waals surface area (Å²) in [6.07, 6.45) is 0.379. The summed E-state index contributed by atoms with van der Waals surface area (Å²) < 4.78 is 5.91. The first-order chi connectivity index (χ1) is 13.0. The largest absolute Gasteiger partial charge is 0.493 e. The Bertz CT molecular complexity index is 834. The number of hydrogen-bond acceptors (Lipinski definition) is 4. The average molecular weight is 366 g/mol. The second-order valence-electron chi connectivity index (χ2n) is 7.91. The highest BCUT2D eigenvalue weighted by Gasteiger charge is 2.51. The van der Waals surface area contributed by atoms with Crippen LogP contribution in [0.5, 0.6) is 5.75 Å². The predicted octanol–water partition coefficient (Wildman–Crippen LogP) is 2.29. The summed E-state index contributed by atoms with van der Waals surface area (Å²) in [6, 6.07) is 16.1. The minimum atomic E-state index is -0.404. The zero-order valence-corrected chi connectivity index (χ0v) is 15.9. The third-order valence-corrected chi connectivity index (χ3v) is 5.93. The predicted molar refractivity (Wildman–Crippen MR) is 105 cm³/mol. The number of anilines is 1. The molecule has 0 saturated carbocycles. The molecule has 1 amide bonds. The third kappa shape index (κ3) is 3.16. The summed E-state index contributed by atoms with van der Waals surface area (Å²) in [5, 5.41) is 10.1. The molecule has 0 aliphatic carbocycles. The van der Waals surface area contributed by atoms with Crippen LogP contribution in [0.1, 0.15) is 17.0 Å². The maximum Gasteiger partial charge on any atom is 0.227 e. The molecule has 0 spiro atoms. The van der Waals surface area contributed by atoms with Crippen LogP contribution >= 0.6 is 0 Å². The number of fused-ring (bicyclic) bond motifs is 3. The van der Waals surface area contributed by atoms with Crippen LogP contribution in [0, 0.1) is 5.41 Å². The minimum Gasteiger partial charge on any atom is -0.493 e. The van der Waals surface area contributed by atoms with Crippen molar-refractivity contribution in [2.24, 2.45) is 5.41 Å². The van der Waals surface area contributed by atoms with Crippen LogP contribution in [0.15, 0.2) is 48.5 Å². The Morgan fingerprint density at radius 3 is 2.67 bits per heavy atom. The molecule has 2 aliphatic heterocycles. The number of benzene rings is 2. The van der Waals surface area contributed by atoms with E-state index in [-0.39, 0.29) is 18.4 Å². The van der Waals surface area contributed by atoms with Gasteiger partial charge in [-0.25, -0.2) is 0 Å². The van der Waals surface area contributed by atoms with Gasteiger partial charge in [0.1, 0.15) is 5.75 Å². The number of carbonyl (C=O) groups is 1. The zero-order valence-electron chi connectivity index (χ0n) is 15.9. The quantitative estimate of drug-likeness (QED) is 0.902. The fourth-order valence-electron chi connectivity index (χ4n) is 4.26. The molecule has 5 nitrogen and oxygen atoms in total. The number of aliphatic hydroxyl groups is 1. The standard InChI is InChI=1S/C22H26N2O3/c1-23(2)17-9-7-16(8-10-17)11-21(26)24-12-19-18-5-3-4-6-20(18)27-15-22(19,13-24)14-25/h3-10,19,25H,11-15H2,1-2H3/t19-,22-/m1/s1. The first-order valence-corrected chi connectivity index (χ1v) is 9.39. The van der Waals surface area contributed by atoms with Gasteiger partial charge in [0.05, 0.1) is 25.0 Å². The first-order valence-electron chi connectivity index (χ1n) is 9.39. The van der Waals surface area contributed by atoms with E-state index in [0.717, 1.165) is 22.6 Å². The lowest BCUT2D eigenvalue weighted by molar-refractivity contribution is -0.130. The number of amides is 1. The molecule has 0 aromatic heterocycles. The van der Waals surface area contributed by atoms with E-state index < -0.39 is 5.41 Å². The van der Waals surface area contributed by atoms with Crippen molar-refractivity contribution < 1.29 is 14.6 Å². The van der Waals surface area contributed by atoms with E-state index in [4.69, 9.17) is 4.74 Å². The maximum atomic E-state index is 12.9. The van der Waals surface area contributed by atoms with Gasteiger partial charge in [-0.3, -0.25) is 4.79 Å². The molecule has 27 heavy (non-hydrogen) atoms. The molecule has 1 N–H and O–H groups in total. The van der Waals surface area contributed by atoms with Gasteiger partial charge in [0.15, 0.2) is 0 Å². The van der Waals surface area contributed by atoms with Crippen molar-refractivity contribution in [3.05, 3.63) is 59.7 Å². The number of nitrogens with zero attached hydrogens (tertiary/aromatic N) is 2. The highest BCUT2D eigenvalue weighted by molar-refractivity contribution is 5.79. The molecule has 1 saturated heterocycles. The Balaban J connectivity index is 1.51. The lowest BCUT2D eigenvalue weighted by Gasteiger charge is -2.37. The van der Waals surface area contributed by atoms with E-state index in [2.05, 4.69) is 6.07 Å². The fraction of sp³-hybridized carbons (Fsp3) is 0.409. The molecule has 2 heterocycles. The number of ether oxygens (including phenoxy) is 1. The molecule has 2 aliphatic rings. The minimum absolute atomic E-state index is 0.0211. The maximum absolute atomic E-state index is 12.9. The van der Waals surface area contributed by atoms with Gasteiger partial charge in [-0.1, -0.05) is 30.3 Å². The van der Waals surface area contributed by atoms with E-state index in [1.807, 2.05) is 66.4 Å². The summed E-state index contributed by atoms with van der Waals surface area (Å²) in [4.78, 5) is 16.9.